The van der Waals surface area contributed by atoms with Crippen LogP contribution in [-0.4, -0.2) is 6.29 Å². The van der Waals surface area contributed by atoms with Gasteiger partial charge in [0.05, 0.1) is 0 Å². The zero-order valence-electron chi connectivity index (χ0n) is 7.18. The maximum absolute atomic E-state index is 9.91. The first-order chi connectivity index (χ1) is 5.41. The molecule has 11 heavy (non-hydrogen) atoms. The molecule has 0 bridgehead atoms. The molecule has 0 aromatic rings. The van der Waals surface area contributed by atoms with Gasteiger partial charge in [0.25, 0.3) is 0 Å². The molecule has 0 rings (SSSR count). The minimum absolute atomic E-state index is 0.700. The molecule has 0 unspecified atom stereocenters. The molecule has 62 valence electrons. The third-order valence-corrected chi connectivity index (χ3v) is 1.36. The van der Waals surface area contributed by atoms with Gasteiger partial charge in [0.1, 0.15) is 6.29 Å². The molecule has 0 spiro atoms. The summed E-state index contributed by atoms with van der Waals surface area (Å²) in [4.78, 5) is 9.91. The highest BCUT2D eigenvalue weighted by Gasteiger charge is 1.82. The van der Waals surface area contributed by atoms with Gasteiger partial charge < -0.3 is 4.79 Å². The van der Waals surface area contributed by atoms with Gasteiger partial charge in [-0.05, 0) is 37.8 Å². The molecular weight excluding hydrogens is 136 g/mol. The summed E-state index contributed by atoms with van der Waals surface area (Å²) < 4.78 is 0. The molecule has 1 nitrogen and oxygen atoms in total. The summed E-state index contributed by atoms with van der Waals surface area (Å²) in [5.74, 6) is 0. The second-order valence-corrected chi connectivity index (χ2v) is 2.43. The Morgan fingerprint density at radius 3 is 2.55 bits per heavy atom. The number of allylic oxidation sites excluding steroid dienone is 1. The van der Waals surface area contributed by atoms with Gasteiger partial charge in [0, 0.05) is 6.42 Å². The van der Waals surface area contributed by atoms with Crippen molar-refractivity contribution < 1.29 is 4.79 Å². The fourth-order valence-electron chi connectivity index (χ4n) is 0.759. The van der Waals surface area contributed by atoms with E-state index < -0.39 is 0 Å². The number of carbonyl (C=O) groups excluding carboxylic acids is 1. The first-order valence-corrected chi connectivity index (χ1v) is 4.24. The van der Waals surface area contributed by atoms with Crippen LogP contribution in [0.15, 0.2) is 17.9 Å². The van der Waals surface area contributed by atoms with Crippen LogP contribution in [0.2, 0.25) is 0 Å². The van der Waals surface area contributed by atoms with Crippen LogP contribution in [0.4, 0.5) is 0 Å². The average molecular weight is 152 g/mol. The summed E-state index contributed by atoms with van der Waals surface area (Å²) >= 11 is 0. The number of carbonyl (C=O) groups is 1. The number of unbranched alkanes of at least 4 members (excludes halogenated alkanes) is 3. The molecule has 0 heterocycles. The third kappa shape index (κ3) is 9.19. The molecule has 0 aliphatic heterocycles. The summed E-state index contributed by atoms with van der Waals surface area (Å²) in [6, 6.07) is 0. The largest absolute Gasteiger partial charge is 0.303 e. The highest BCUT2D eigenvalue weighted by molar-refractivity contribution is 5.48. The van der Waals surface area contributed by atoms with Crippen LogP contribution in [-0.2, 0) is 4.79 Å². The van der Waals surface area contributed by atoms with Crippen molar-refractivity contribution in [2.45, 2.75) is 39.0 Å². The van der Waals surface area contributed by atoms with Crippen LogP contribution in [0.3, 0.4) is 0 Å². The van der Waals surface area contributed by atoms with Crippen molar-refractivity contribution in [2.24, 2.45) is 0 Å². The Morgan fingerprint density at radius 2 is 1.91 bits per heavy atom. The predicted molar refractivity (Wildman–Crippen MR) is 47.5 cm³/mol. The predicted octanol–water partition coefficient (Wildman–Crippen LogP) is 2.87. The van der Waals surface area contributed by atoms with E-state index in [1.54, 1.807) is 0 Å². The van der Waals surface area contributed by atoms with Crippen molar-refractivity contribution in [3.05, 3.63) is 17.9 Å². The number of aldehydes is 1. The molecule has 0 aromatic heterocycles. The summed E-state index contributed by atoms with van der Waals surface area (Å²) in [6.45, 7) is 2.09. The molecular formula is C10H16O. The molecule has 0 atom stereocenters. The van der Waals surface area contributed by atoms with Crippen molar-refractivity contribution >= 4 is 6.29 Å². The molecule has 0 amide bonds. The Labute approximate surface area is 68.8 Å². The summed E-state index contributed by atoms with van der Waals surface area (Å²) in [5.41, 5.74) is 3.07. The maximum atomic E-state index is 9.91. The van der Waals surface area contributed by atoms with Gasteiger partial charge in [0.2, 0.25) is 0 Å². The van der Waals surface area contributed by atoms with Crippen LogP contribution in [0.1, 0.15) is 39.0 Å². The van der Waals surface area contributed by atoms with Crippen molar-refractivity contribution in [3.63, 3.8) is 0 Å². The topological polar surface area (TPSA) is 17.1 Å². The molecule has 0 fully saturated rings. The van der Waals surface area contributed by atoms with E-state index in [4.69, 9.17) is 0 Å². The van der Waals surface area contributed by atoms with E-state index in [0.29, 0.717) is 6.42 Å². The van der Waals surface area contributed by atoms with Gasteiger partial charge in [-0.3, -0.25) is 0 Å². The van der Waals surface area contributed by atoms with Crippen molar-refractivity contribution in [3.8, 4) is 0 Å². The Balaban J connectivity index is 3.13. The van der Waals surface area contributed by atoms with Crippen LogP contribution < -0.4 is 0 Å². The quantitative estimate of drug-likeness (QED) is 0.325. The van der Waals surface area contributed by atoms with E-state index in [0.717, 1.165) is 32.0 Å². The Hall–Kier alpha value is -0.810. The van der Waals surface area contributed by atoms with Crippen molar-refractivity contribution in [1.82, 2.24) is 0 Å². The van der Waals surface area contributed by atoms with E-state index in [1.807, 2.05) is 12.2 Å². The Kier molecular flexibility index (Phi) is 8.51. The Morgan fingerprint density at radius 1 is 1.18 bits per heavy atom. The molecule has 0 aliphatic carbocycles. The monoisotopic (exact) mass is 152 g/mol. The number of hydrogen-bond donors (Lipinski definition) is 0. The third-order valence-electron chi connectivity index (χ3n) is 1.36. The van der Waals surface area contributed by atoms with Gasteiger partial charge >= 0.3 is 0 Å². The van der Waals surface area contributed by atoms with Gasteiger partial charge in [-0.15, -0.1) is 5.73 Å². The zero-order chi connectivity index (χ0) is 8.36. The zero-order valence-corrected chi connectivity index (χ0v) is 7.18. The molecule has 0 aliphatic rings. The van der Waals surface area contributed by atoms with Crippen LogP contribution in [0.25, 0.3) is 0 Å². The van der Waals surface area contributed by atoms with E-state index in [-0.39, 0.29) is 0 Å². The molecule has 0 saturated carbocycles. The lowest BCUT2D eigenvalue weighted by atomic mass is 10.2. The second kappa shape index (κ2) is 9.19. The summed E-state index contributed by atoms with van der Waals surface area (Å²) in [6.07, 6.45) is 9.93. The van der Waals surface area contributed by atoms with Gasteiger partial charge in [0.15, 0.2) is 0 Å². The minimum atomic E-state index is 0.700. The van der Waals surface area contributed by atoms with Crippen LogP contribution >= 0.6 is 0 Å². The molecule has 0 radical (unpaired) electrons. The van der Waals surface area contributed by atoms with Gasteiger partial charge in [-0.25, -0.2) is 0 Å². The lowest BCUT2D eigenvalue weighted by Gasteiger charge is -1.87. The van der Waals surface area contributed by atoms with Gasteiger partial charge in [-0.2, -0.15) is 0 Å². The fourth-order valence-corrected chi connectivity index (χ4v) is 0.759. The second-order valence-electron chi connectivity index (χ2n) is 2.43. The SMILES string of the molecule is CCC=C=CCCCCC=O. The highest BCUT2D eigenvalue weighted by Crippen LogP contribution is 1.97. The standard InChI is InChI=1S/C10H16O/c1-2-3-4-5-6-7-8-9-10-11/h3,5,10H,2,6-9H2,1H3. The average Bonchev–Trinajstić information content (AvgIpc) is 2.03. The first kappa shape index (κ1) is 10.2. The van der Waals surface area contributed by atoms with E-state index in [9.17, 15) is 4.79 Å². The van der Waals surface area contributed by atoms with E-state index in [1.165, 1.54) is 0 Å². The maximum Gasteiger partial charge on any atom is 0.119 e. The number of rotatable bonds is 6. The smallest absolute Gasteiger partial charge is 0.119 e. The molecule has 1 heteroatoms. The first-order valence-electron chi connectivity index (χ1n) is 4.24. The Bertz CT molecular complexity index is 141. The number of hydrogen-bond acceptors (Lipinski definition) is 1. The van der Waals surface area contributed by atoms with Crippen LogP contribution in [0, 0.1) is 0 Å². The molecule has 0 N–H and O–H groups in total. The van der Waals surface area contributed by atoms with Crippen molar-refractivity contribution in [1.29, 1.82) is 0 Å². The summed E-state index contributed by atoms with van der Waals surface area (Å²) in [7, 11) is 0. The lowest BCUT2D eigenvalue weighted by Crippen LogP contribution is -1.75. The highest BCUT2D eigenvalue weighted by atomic mass is 16.1. The summed E-state index contributed by atoms with van der Waals surface area (Å²) in [5, 5.41) is 0. The molecule has 0 saturated heterocycles. The fraction of sp³-hybridized carbons (Fsp3) is 0.600. The lowest BCUT2D eigenvalue weighted by molar-refractivity contribution is -0.107. The van der Waals surface area contributed by atoms with E-state index in [2.05, 4.69) is 12.7 Å². The van der Waals surface area contributed by atoms with Crippen LogP contribution in [0.5, 0.6) is 0 Å². The minimum Gasteiger partial charge on any atom is -0.303 e. The van der Waals surface area contributed by atoms with Gasteiger partial charge in [-0.1, -0.05) is 6.92 Å². The van der Waals surface area contributed by atoms with E-state index >= 15 is 0 Å². The van der Waals surface area contributed by atoms with Crippen molar-refractivity contribution in [2.75, 3.05) is 0 Å². The normalized spacial score (nSPS) is 8.45. The molecule has 0 aromatic carbocycles.